The van der Waals surface area contributed by atoms with Crippen LogP contribution in [0.4, 0.5) is 5.69 Å². The molecular weight excluding hydrogens is 208 g/mol. The number of phenols is 1. The minimum atomic E-state index is -0.468. The lowest BCUT2D eigenvalue weighted by molar-refractivity contribution is -0.384. The maximum absolute atomic E-state index is 10.6. The van der Waals surface area contributed by atoms with Gasteiger partial charge in [-0.3, -0.25) is 10.1 Å². The first kappa shape index (κ1) is 10.9. The van der Waals surface area contributed by atoms with E-state index in [0.717, 1.165) is 0 Å². The van der Waals surface area contributed by atoms with Crippen LogP contribution in [0.25, 0.3) is 0 Å². The summed E-state index contributed by atoms with van der Waals surface area (Å²) >= 11 is 0. The molecule has 1 saturated carbocycles. The van der Waals surface area contributed by atoms with Gasteiger partial charge in [0.2, 0.25) is 0 Å². The van der Waals surface area contributed by atoms with Gasteiger partial charge in [-0.05, 0) is 11.5 Å². The van der Waals surface area contributed by atoms with Crippen molar-refractivity contribution in [2.75, 3.05) is 0 Å². The van der Waals surface area contributed by atoms with E-state index in [4.69, 9.17) is 5.73 Å². The molecular formula is C11H14N2O3. The normalized spacial score (nSPS) is 26.4. The number of rotatable bonds is 2. The Morgan fingerprint density at radius 1 is 1.50 bits per heavy atom. The van der Waals surface area contributed by atoms with Gasteiger partial charge in [0.05, 0.1) is 4.92 Å². The number of hydrogen-bond donors (Lipinski definition) is 2. The molecule has 0 aromatic heterocycles. The van der Waals surface area contributed by atoms with E-state index in [0.29, 0.717) is 5.56 Å². The van der Waals surface area contributed by atoms with E-state index in [9.17, 15) is 15.2 Å². The molecule has 1 aromatic carbocycles. The third kappa shape index (κ3) is 1.44. The number of benzene rings is 1. The van der Waals surface area contributed by atoms with Crippen molar-refractivity contribution in [2.45, 2.75) is 25.8 Å². The highest BCUT2D eigenvalue weighted by molar-refractivity contribution is 5.49. The first-order valence-corrected chi connectivity index (χ1v) is 5.08. The van der Waals surface area contributed by atoms with Crippen molar-refractivity contribution in [2.24, 2.45) is 11.1 Å². The van der Waals surface area contributed by atoms with Crippen molar-refractivity contribution in [1.82, 2.24) is 0 Å². The Bertz CT molecular complexity index is 457. The number of hydrogen-bond acceptors (Lipinski definition) is 4. The van der Waals surface area contributed by atoms with Crippen LogP contribution < -0.4 is 5.73 Å². The lowest BCUT2D eigenvalue weighted by atomic mass is 10.0. The highest BCUT2D eigenvalue weighted by Crippen LogP contribution is 2.59. The summed E-state index contributed by atoms with van der Waals surface area (Å²) in [6.07, 6.45) is 0. The Balaban J connectivity index is 2.42. The minimum Gasteiger partial charge on any atom is -0.508 e. The van der Waals surface area contributed by atoms with Crippen molar-refractivity contribution in [3.05, 3.63) is 33.9 Å². The topological polar surface area (TPSA) is 89.4 Å². The van der Waals surface area contributed by atoms with E-state index in [1.165, 1.54) is 18.2 Å². The second-order valence-corrected chi connectivity index (χ2v) is 4.83. The molecule has 5 nitrogen and oxygen atoms in total. The van der Waals surface area contributed by atoms with Crippen molar-refractivity contribution in [1.29, 1.82) is 0 Å². The number of nitrogens with zero attached hydrogens (tertiary/aromatic N) is 1. The van der Waals surface area contributed by atoms with Crippen molar-refractivity contribution < 1.29 is 10.0 Å². The third-order valence-corrected chi connectivity index (χ3v) is 3.47. The van der Waals surface area contributed by atoms with Crippen LogP contribution in [0.5, 0.6) is 5.75 Å². The van der Waals surface area contributed by atoms with E-state index >= 15 is 0 Å². The van der Waals surface area contributed by atoms with Gasteiger partial charge in [-0.15, -0.1) is 0 Å². The van der Waals surface area contributed by atoms with E-state index in [1.54, 1.807) is 0 Å². The predicted octanol–water partition coefficient (Wildman–Crippen LogP) is 1.75. The zero-order chi connectivity index (χ0) is 12.1. The van der Waals surface area contributed by atoms with E-state index in [1.807, 2.05) is 13.8 Å². The standard InChI is InChI=1S/C11H14N2O3/c1-11(2)9(10(11)12)7-5-6(13(15)16)3-4-8(7)14/h3-5,9-10,14H,12H2,1-2H3/t9-,10-/m1/s1. The molecule has 1 fully saturated rings. The van der Waals surface area contributed by atoms with Crippen molar-refractivity contribution in [3.63, 3.8) is 0 Å². The smallest absolute Gasteiger partial charge is 0.269 e. The summed E-state index contributed by atoms with van der Waals surface area (Å²) < 4.78 is 0. The fourth-order valence-electron chi connectivity index (χ4n) is 2.18. The number of nitrogens with two attached hydrogens (primary N) is 1. The van der Waals surface area contributed by atoms with Crippen LogP contribution in [-0.4, -0.2) is 16.1 Å². The van der Waals surface area contributed by atoms with Gasteiger partial charge in [0, 0.05) is 29.7 Å². The second-order valence-electron chi connectivity index (χ2n) is 4.83. The number of phenolic OH excluding ortho intramolecular Hbond substituents is 1. The summed E-state index contributed by atoms with van der Waals surface area (Å²) in [5.74, 6) is 0.0732. The molecule has 0 unspecified atom stereocenters. The molecule has 0 amide bonds. The average molecular weight is 222 g/mol. The molecule has 0 bridgehead atoms. The summed E-state index contributed by atoms with van der Waals surface area (Å²) in [5.41, 5.74) is 6.35. The number of aromatic hydroxyl groups is 1. The van der Waals surface area contributed by atoms with Gasteiger partial charge in [0.25, 0.3) is 5.69 Å². The third-order valence-electron chi connectivity index (χ3n) is 3.47. The highest BCUT2D eigenvalue weighted by Gasteiger charge is 2.57. The van der Waals surface area contributed by atoms with Gasteiger partial charge in [-0.1, -0.05) is 13.8 Å². The lowest BCUT2D eigenvalue weighted by Crippen LogP contribution is -2.06. The molecule has 2 atom stereocenters. The Hall–Kier alpha value is -1.62. The average Bonchev–Trinajstić information content (AvgIpc) is 2.67. The van der Waals surface area contributed by atoms with Gasteiger partial charge in [-0.2, -0.15) is 0 Å². The van der Waals surface area contributed by atoms with Crippen LogP contribution in [0.2, 0.25) is 0 Å². The summed E-state index contributed by atoms with van der Waals surface area (Å²) in [4.78, 5) is 10.2. The van der Waals surface area contributed by atoms with Gasteiger partial charge in [0.15, 0.2) is 0 Å². The largest absolute Gasteiger partial charge is 0.508 e. The molecule has 1 aliphatic carbocycles. The van der Waals surface area contributed by atoms with E-state index < -0.39 is 4.92 Å². The minimum absolute atomic E-state index is 0.00704. The fourth-order valence-corrected chi connectivity index (χ4v) is 2.18. The van der Waals surface area contributed by atoms with Crippen LogP contribution in [0.3, 0.4) is 0 Å². The SMILES string of the molecule is CC1(C)[C@H](N)[C@H]1c1cc([N+](=O)[O-])ccc1O. The number of nitro benzene ring substituents is 1. The molecule has 0 heterocycles. The van der Waals surface area contributed by atoms with Gasteiger partial charge in [-0.25, -0.2) is 0 Å². The van der Waals surface area contributed by atoms with Crippen LogP contribution >= 0.6 is 0 Å². The summed E-state index contributed by atoms with van der Waals surface area (Å²) in [6, 6.07) is 4.00. The maximum atomic E-state index is 10.6. The fraction of sp³-hybridized carbons (Fsp3) is 0.455. The molecule has 5 heteroatoms. The van der Waals surface area contributed by atoms with Crippen LogP contribution in [0.1, 0.15) is 25.3 Å². The van der Waals surface area contributed by atoms with E-state index in [2.05, 4.69) is 0 Å². The molecule has 0 spiro atoms. The highest BCUT2D eigenvalue weighted by atomic mass is 16.6. The van der Waals surface area contributed by atoms with Gasteiger partial charge >= 0.3 is 0 Å². The monoisotopic (exact) mass is 222 g/mol. The van der Waals surface area contributed by atoms with Crippen LogP contribution in [0, 0.1) is 15.5 Å². The number of nitro groups is 1. The van der Waals surface area contributed by atoms with Crippen molar-refractivity contribution >= 4 is 5.69 Å². The summed E-state index contributed by atoms with van der Waals surface area (Å²) in [7, 11) is 0. The maximum Gasteiger partial charge on any atom is 0.269 e. The predicted molar refractivity (Wildman–Crippen MR) is 59.3 cm³/mol. The molecule has 1 aromatic rings. The molecule has 1 aliphatic rings. The summed E-state index contributed by atoms with van der Waals surface area (Å²) in [5, 5.41) is 20.3. The zero-order valence-corrected chi connectivity index (χ0v) is 9.18. The lowest BCUT2D eigenvalue weighted by Gasteiger charge is -2.05. The number of non-ortho nitro benzene ring substituents is 1. The van der Waals surface area contributed by atoms with E-state index in [-0.39, 0.29) is 28.8 Å². The molecule has 0 saturated heterocycles. The molecule has 0 radical (unpaired) electrons. The molecule has 0 aliphatic heterocycles. The Morgan fingerprint density at radius 2 is 2.06 bits per heavy atom. The first-order valence-electron chi connectivity index (χ1n) is 5.08. The Morgan fingerprint density at radius 3 is 2.50 bits per heavy atom. The quantitative estimate of drug-likeness (QED) is 0.589. The van der Waals surface area contributed by atoms with Gasteiger partial charge < -0.3 is 10.8 Å². The first-order chi connectivity index (χ1) is 7.35. The second kappa shape index (κ2) is 3.18. The van der Waals surface area contributed by atoms with Gasteiger partial charge in [0.1, 0.15) is 5.75 Å². The molecule has 3 N–H and O–H groups in total. The van der Waals surface area contributed by atoms with Crippen molar-refractivity contribution in [3.8, 4) is 5.75 Å². The van der Waals surface area contributed by atoms with Crippen LogP contribution in [-0.2, 0) is 0 Å². The van der Waals surface area contributed by atoms with Crippen LogP contribution in [0.15, 0.2) is 18.2 Å². The molecule has 16 heavy (non-hydrogen) atoms. The Kier molecular flexibility index (Phi) is 2.17. The zero-order valence-electron chi connectivity index (χ0n) is 9.18. The Labute approximate surface area is 93.0 Å². The summed E-state index contributed by atoms with van der Waals surface area (Å²) in [6.45, 7) is 3.97. The molecule has 2 rings (SSSR count). The molecule has 86 valence electrons.